The first-order valence-corrected chi connectivity index (χ1v) is 6.81. The summed E-state index contributed by atoms with van der Waals surface area (Å²) >= 11 is 0. The summed E-state index contributed by atoms with van der Waals surface area (Å²) in [6.07, 6.45) is 3.00. The van der Waals surface area contributed by atoms with Crippen LogP contribution in [0.25, 0.3) is 0 Å². The molecule has 1 fully saturated rings. The lowest BCUT2D eigenvalue weighted by atomic mass is 9.92. The van der Waals surface area contributed by atoms with Crippen molar-refractivity contribution in [2.24, 2.45) is 5.41 Å². The molecule has 19 heavy (non-hydrogen) atoms. The van der Waals surface area contributed by atoms with E-state index in [1.807, 2.05) is 20.8 Å². The number of nitrogens with one attached hydrogen (secondary N) is 1. The molecule has 0 aromatic carbocycles. The number of amides is 2. The first kappa shape index (κ1) is 15.8. The molecule has 5 nitrogen and oxygen atoms in total. The van der Waals surface area contributed by atoms with Crippen LogP contribution in [0.3, 0.4) is 0 Å². The fourth-order valence-corrected chi connectivity index (χ4v) is 2.56. The maximum Gasteiger partial charge on any atom is 0.323 e. The number of hydrogen-bond donors (Lipinski definition) is 2. The monoisotopic (exact) mass is 270 g/mol. The number of carboxylic acids is 1. The van der Waals surface area contributed by atoms with Gasteiger partial charge in [-0.05, 0) is 45.4 Å². The predicted octanol–water partition coefficient (Wildman–Crippen LogP) is 2.46. The highest BCUT2D eigenvalue weighted by Gasteiger charge is 2.34. The van der Waals surface area contributed by atoms with E-state index in [2.05, 4.69) is 19.2 Å². The van der Waals surface area contributed by atoms with Gasteiger partial charge in [0.1, 0.15) is 6.54 Å². The minimum atomic E-state index is -0.989. The first-order valence-electron chi connectivity index (χ1n) is 6.81. The molecule has 0 heterocycles. The van der Waals surface area contributed by atoms with Crippen molar-refractivity contribution < 1.29 is 14.7 Å². The van der Waals surface area contributed by atoms with Crippen LogP contribution in [0.1, 0.15) is 53.9 Å². The van der Waals surface area contributed by atoms with Crippen LogP contribution < -0.4 is 5.32 Å². The molecule has 1 saturated carbocycles. The van der Waals surface area contributed by atoms with E-state index in [4.69, 9.17) is 5.11 Å². The van der Waals surface area contributed by atoms with Gasteiger partial charge in [-0.2, -0.15) is 0 Å². The van der Waals surface area contributed by atoms with Crippen molar-refractivity contribution in [1.29, 1.82) is 0 Å². The Morgan fingerprint density at radius 3 is 2.32 bits per heavy atom. The van der Waals surface area contributed by atoms with Crippen molar-refractivity contribution in [2.75, 3.05) is 6.54 Å². The Labute approximate surface area is 115 Å². The Morgan fingerprint density at radius 1 is 1.37 bits per heavy atom. The Morgan fingerprint density at radius 2 is 1.95 bits per heavy atom. The fraction of sp³-hybridized carbons (Fsp3) is 0.857. The van der Waals surface area contributed by atoms with Crippen LogP contribution in [0.4, 0.5) is 4.79 Å². The molecule has 0 aliphatic heterocycles. The molecule has 1 atom stereocenters. The van der Waals surface area contributed by atoms with E-state index in [0.29, 0.717) is 0 Å². The van der Waals surface area contributed by atoms with Gasteiger partial charge < -0.3 is 15.3 Å². The molecule has 0 spiro atoms. The van der Waals surface area contributed by atoms with Crippen LogP contribution in [0.2, 0.25) is 0 Å². The van der Waals surface area contributed by atoms with Crippen LogP contribution in [-0.4, -0.2) is 40.1 Å². The number of urea groups is 1. The number of carboxylic acid groups (broad SMARTS) is 1. The summed E-state index contributed by atoms with van der Waals surface area (Å²) in [5, 5.41) is 11.9. The van der Waals surface area contributed by atoms with E-state index < -0.39 is 11.5 Å². The molecule has 1 aliphatic rings. The summed E-state index contributed by atoms with van der Waals surface area (Å²) < 4.78 is 0. The Hall–Kier alpha value is -1.26. The highest BCUT2D eigenvalue weighted by Crippen LogP contribution is 2.37. The highest BCUT2D eigenvalue weighted by molar-refractivity contribution is 5.81. The van der Waals surface area contributed by atoms with Gasteiger partial charge in [-0.3, -0.25) is 4.79 Å². The molecular weight excluding hydrogens is 244 g/mol. The zero-order chi connectivity index (χ0) is 14.8. The van der Waals surface area contributed by atoms with Crippen LogP contribution >= 0.6 is 0 Å². The smallest absolute Gasteiger partial charge is 0.323 e. The van der Waals surface area contributed by atoms with Crippen molar-refractivity contribution >= 4 is 12.0 Å². The van der Waals surface area contributed by atoms with Crippen LogP contribution in [0.5, 0.6) is 0 Å². The third kappa shape index (κ3) is 4.73. The lowest BCUT2D eigenvalue weighted by Crippen LogP contribution is -2.54. The second-order valence-corrected chi connectivity index (χ2v) is 7.20. The average molecular weight is 270 g/mol. The normalized spacial score (nSPS) is 22.1. The van der Waals surface area contributed by atoms with Gasteiger partial charge in [-0.1, -0.05) is 13.8 Å². The number of hydrogen-bond acceptors (Lipinski definition) is 2. The number of rotatable bonds is 3. The quantitative estimate of drug-likeness (QED) is 0.827. The van der Waals surface area contributed by atoms with Crippen LogP contribution in [0.15, 0.2) is 0 Å². The van der Waals surface area contributed by atoms with Gasteiger partial charge in [0.2, 0.25) is 0 Å². The average Bonchev–Trinajstić information content (AvgIpc) is 2.52. The van der Waals surface area contributed by atoms with E-state index >= 15 is 0 Å². The van der Waals surface area contributed by atoms with E-state index in [0.717, 1.165) is 19.3 Å². The lowest BCUT2D eigenvalue weighted by molar-refractivity contribution is -0.138. The third-order valence-corrected chi connectivity index (χ3v) is 3.64. The molecule has 5 heteroatoms. The molecule has 0 radical (unpaired) electrons. The van der Waals surface area contributed by atoms with Gasteiger partial charge in [0.05, 0.1) is 0 Å². The largest absolute Gasteiger partial charge is 0.480 e. The topological polar surface area (TPSA) is 69.6 Å². The SMILES string of the molecule is CC1(C)CCC(NC(=O)N(CC(=O)O)C(C)(C)C)C1. The molecule has 0 bridgehead atoms. The number of carbonyl (C=O) groups excluding carboxylic acids is 1. The van der Waals surface area contributed by atoms with Gasteiger partial charge in [0.25, 0.3) is 0 Å². The lowest BCUT2D eigenvalue weighted by Gasteiger charge is -2.35. The molecule has 0 aromatic heterocycles. The van der Waals surface area contributed by atoms with Crippen molar-refractivity contribution in [1.82, 2.24) is 10.2 Å². The summed E-state index contributed by atoms with van der Waals surface area (Å²) in [6, 6.07) is -0.126. The second kappa shape index (κ2) is 5.39. The molecule has 2 amide bonds. The van der Waals surface area contributed by atoms with Gasteiger partial charge in [-0.15, -0.1) is 0 Å². The number of carbonyl (C=O) groups is 2. The third-order valence-electron chi connectivity index (χ3n) is 3.64. The fourth-order valence-electron chi connectivity index (χ4n) is 2.56. The summed E-state index contributed by atoms with van der Waals surface area (Å²) in [6.45, 7) is 9.64. The highest BCUT2D eigenvalue weighted by atomic mass is 16.4. The Bertz CT molecular complexity index is 358. The molecule has 0 saturated heterocycles. The van der Waals surface area contributed by atoms with Gasteiger partial charge >= 0.3 is 12.0 Å². The Kier molecular flexibility index (Phi) is 4.48. The maximum absolute atomic E-state index is 12.2. The van der Waals surface area contributed by atoms with Gasteiger partial charge in [0.15, 0.2) is 0 Å². The molecular formula is C14H26N2O3. The summed E-state index contributed by atoms with van der Waals surface area (Å²) in [7, 11) is 0. The van der Waals surface area contributed by atoms with E-state index in [1.54, 1.807) is 0 Å². The van der Waals surface area contributed by atoms with Crippen molar-refractivity contribution in [3.8, 4) is 0 Å². The predicted molar refractivity (Wildman–Crippen MR) is 74.0 cm³/mol. The van der Waals surface area contributed by atoms with Crippen LogP contribution in [-0.2, 0) is 4.79 Å². The van der Waals surface area contributed by atoms with Gasteiger partial charge in [0, 0.05) is 11.6 Å². The minimum absolute atomic E-state index is 0.154. The number of nitrogens with zero attached hydrogens (tertiary/aromatic N) is 1. The van der Waals surface area contributed by atoms with Crippen molar-refractivity contribution in [3.05, 3.63) is 0 Å². The van der Waals surface area contributed by atoms with Crippen LogP contribution in [0, 0.1) is 5.41 Å². The molecule has 110 valence electrons. The van der Waals surface area contributed by atoms with Gasteiger partial charge in [-0.25, -0.2) is 4.79 Å². The molecule has 1 unspecified atom stereocenters. The number of aliphatic carboxylic acids is 1. The Balaban J connectivity index is 2.65. The zero-order valence-electron chi connectivity index (χ0n) is 12.6. The van der Waals surface area contributed by atoms with E-state index in [9.17, 15) is 9.59 Å². The summed E-state index contributed by atoms with van der Waals surface area (Å²) in [5.74, 6) is -0.989. The molecule has 0 aromatic rings. The second-order valence-electron chi connectivity index (χ2n) is 7.20. The summed E-state index contributed by atoms with van der Waals surface area (Å²) in [5.41, 5.74) is -0.242. The molecule has 2 N–H and O–H groups in total. The maximum atomic E-state index is 12.2. The zero-order valence-corrected chi connectivity index (χ0v) is 12.6. The first-order chi connectivity index (χ1) is 8.51. The summed E-state index contributed by atoms with van der Waals surface area (Å²) in [4.78, 5) is 24.5. The van der Waals surface area contributed by atoms with Crippen molar-refractivity contribution in [3.63, 3.8) is 0 Å². The van der Waals surface area contributed by atoms with Crippen molar-refractivity contribution in [2.45, 2.75) is 65.5 Å². The molecule has 1 rings (SSSR count). The standard InChI is InChI=1S/C14H26N2O3/c1-13(2,3)16(9-11(17)18)12(19)15-10-6-7-14(4,5)8-10/h10H,6-9H2,1-5H3,(H,15,19)(H,17,18). The minimum Gasteiger partial charge on any atom is -0.480 e. The molecule has 1 aliphatic carbocycles. The van der Waals surface area contributed by atoms with E-state index in [-0.39, 0.29) is 24.0 Å². The van der Waals surface area contributed by atoms with E-state index in [1.165, 1.54) is 4.90 Å².